The van der Waals surface area contributed by atoms with Gasteiger partial charge in [0.1, 0.15) is 5.69 Å². The van der Waals surface area contributed by atoms with Crippen LogP contribution in [0.5, 0.6) is 0 Å². The van der Waals surface area contributed by atoms with Gasteiger partial charge in [-0.1, -0.05) is 6.07 Å². The lowest BCUT2D eigenvalue weighted by Gasteiger charge is -2.34. The first-order valence-electron chi connectivity index (χ1n) is 10.1. The molecule has 2 saturated heterocycles. The molecule has 158 valence electrons. The van der Waals surface area contributed by atoms with E-state index in [1.807, 2.05) is 24.0 Å². The summed E-state index contributed by atoms with van der Waals surface area (Å²) < 4.78 is 13.2. The van der Waals surface area contributed by atoms with Crippen molar-refractivity contribution in [2.24, 2.45) is 5.92 Å². The predicted molar refractivity (Wildman–Crippen MR) is 106 cm³/mol. The van der Waals surface area contributed by atoms with Crippen molar-refractivity contribution >= 4 is 17.9 Å². The van der Waals surface area contributed by atoms with Crippen molar-refractivity contribution in [2.45, 2.75) is 39.2 Å². The number of hydrogen-bond donors (Lipinski definition) is 0. The first kappa shape index (κ1) is 20.3. The lowest BCUT2D eigenvalue weighted by Crippen LogP contribution is -2.42. The molecule has 2 aliphatic heterocycles. The number of halogens is 1. The van der Waals surface area contributed by atoms with E-state index in [1.54, 1.807) is 13.1 Å². The molecule has 2 aromatic heterocycles. The second kappa shape index (κ2) is 8.43. The van der Waals surface area contributed by atoms with Crippen molar-refractivity contribution in [1.82, 2.24) is 20.0 Å². The van der Waals surface area contributed by atoms with Crippen LogP contribution in [0.4, 0.5) is 10.3 Å². The van der Waals surface area contributed by atoms with Gasteiger partial charge >= 0.3 is 6.04 Å². The maximum atomic E-state index is 13.2. The number of piperidine rings is 1. The zero-order chi connectivity index (χ0) is 21.3. The summed E-state index contributed by atoms with van der Waals surface area (Å²) in [5.41, 5.74) is 2.09. The number of nitrogens with zero attached hydrogens (tertiary/aromatic N) is 5. The highest BCUT2D eigenvalue weighted by molar-refractivity contribution is 5.88. The van der Waals surface area contributed by atoms with Crippen LogP contribution in [-0.4, -0.2) is 51.7 Å². The lowest BCUT2D eigenvalue weighted by atomic mass is 9.95. The molecule has 0 aliphatic carbocycles. The van der Waals surface area contributed by atoms with Gasteiger partial charge in [0.15, 0.2) is 0 Å². The van der Waals surface area contributed by atoms with Crippen molar-refractivity contribution in [3.8, 4) is 0 Å². The van der Waals surface area contributed by atoms with Gasteiger partial charge in [-0.3, -0.25) is 19.4 Å². The quantitative estimate of drug-likeness (QED) is 0.712. The van der Waals surface area contributed by atoms with Crippen LogP contribution in [0.1, 0.15) is 52.6 Å². The first-order chi connectivity index (χ1) is 14.4. The van der Waals surface area contributed by atoms with Gasteiger partial charge in [0.2, 0.25) is 11.9 Å². The Balaban J connectivity index is 1.41. The first-order valence-corrected chi connectivity index (χ1v) is 10.1. The third kappa shape index (κ3) is 4.02. The Morgan fingerprint density at radius 3 is 2.53 bits per heavy atom. The zero-order valence-corrected chi connectivity index (χ0v) is 17.0. The minimum Gasteiger partial charge on any atom is -0.341 e. The van der Waals surface area contributed by atoms with Crippen LogP contribution in [0.3, 0.4) is 0 Å². The van der Waals surface area contributed by atoms with Gasteiger partial charge in [0.25, 0.3) is 0 Å². The number of pyridine rings is 1. The highest BCUT2D eigenvalue weighted by Gasteiger charge is 2.37. The molecular formula is C21H24FN5O3. The average Bonchev–Trinajstić information content (AvgIpc) is 3.24. The molecule has 0 N–H and O–H groups in total. The summed E-state index contributed by atoms with van der Waals surface area (Å²) in [5, 5.41) is 1.51. The van der Waals surface area contributed by atoms with Crippen LogP contribution in [0.25, 0.3) is 0 Å². The largest absolute Gasteiger partial charge is 0.350 e. The molecule has 0 saturated carbocycles. The monoisotopic (exact) mass is 413 g/mol. The Morgan fingerprint density at radius 1 is 1.10 bits per heavy atom. The van der Waals surface area contributed by atoms with Gasteiger partial charge in [-0.15, -0.1) is 0 Å². The maximum Gasteiger partial charge on any atom is 0.350 e. The summed E-state index contributed by atoms with van der Waals surface area (Å²) in [6, 6.07) is 2.24. The third-order valence-corrected chi connectivity index (χ3v) is 5.71. The van der Waals surface area contributed by atoms with Gasteiger partial charge in [-0.2, -0.15) is 4.39 Å². The Morgan fingerprint density at radius 2 is 1.87 bits per heavy atom. The van der Waals surface area contributed by atoms with Crippen molar-refractivity contribution in [3.05, 3.63) is 47.0 Å². The van der Waals surface area contributed by atoms with Gasteiger partial charge in [0.05, 0.1) is 12.6 Å². The molecule has 8 nitrogen and oxygen atoms in total. The van der Waals surface area contributed by atoms with Gasteiger partial charge in [-0.05, 0) is 43.9 Å². The number of hydrogen-bond acceptors (Lipinski definition) is 7. The van der Waals surface area contributed by atoms with E-state index in [9.17, 15) is 14.0 Å². The fourth-order valence-electron chi connectivity index (χ4n) is 3.96. The van der Waals surface area contributed by atoms with E-state index in [0.717, 1.165) is 17.7 Å². The van der Waals surface area contributed by atoms with Crippen molar-refractivity contribution in [1.29, 1.82) is 0 Å². The van der Waals surface area contributed by atoms with Gasteiger partial charge < -0.3 is 4.90 Å². The molecular weight excluding hydrogens is 389 g/mol. The Hall–Kier alpha value is -2.94. The van der Waals surface area contributed by atoms with Gasteiger partial charge in [-0.25, -0.2) is 15.0 Å². The molecule has 9 heteroatoms. The number of carbonyl (C=O) groups excluding carboxylic acids is 2. The Bertz CT molecular complexity index is 944. The van der Waals surface area contributed by atoms with Crippen LogP contribution in [-0.2, 0) is 9.63 Å². The van der Waals surface area contributed by atoms with Crippen LogP contribution >= 0.6 is 0 Å². The number of aromatic nitrogens is 3. The maximum absolute atomic E-state index is 13.2. The SMILES string of the molecule is Cc1ccc([C@@H]2CCON2C(=O)C2CCN(c3ncc(C)c(C(=O)F)n3)CC2)cn1. The zero-order valence-electron chi connectivity index (χ0n) is 17.0. The second-order valence-electron chi connectivity index (χ2n) is 7.77. The molecule has 1 atom stereocenters. The Labute approximate surface area is 174 Å². The summed E-state index contributed by atoms with van der Waals surface area (Å²) in [4.78, 5) is 44.4. The van der Waals surface area contributed by atoms with E-state index in [1.165, 1.54) is 11.3 Å². The number of aryl methyl sites for hydroxylation is 2. The summed E-state index contributed by atoms with van der Waals surface area (Å²) >= 11 is 0. The predicted octanol–water partition coefficient (Wildman–Crippen LogP) is 2.72. The van der Waals surface area contributed by atoms with Gasteiger partial charge in [0, 0.05) is 43.5 Å². The number of hydroxylamine groups is 2. The third-order valence-electron chi connectivity index (χ3n) is 5.71. The fourth-order valence-corrected chi connectivity index (χ4v) is 3.96. The Kier molecular flexibility index (Phi) is 5.72. The molecule has 0 radical (unpaired) electrons. The molecule has 4 heterocycles. The van der Waals surface area contributed by atoms with Crippen LogP contribution < -0.4 is 4.90 Å². The molecule has 30 heavy (non-hydrogen) atoms. The van der Waals surface area contributed by atoms with Crippen LogP contribution in [0.2, 0.25) is 0 Å². The molecule has 4 rings (SSSR count). The number of amides is 1. The normalized spacial score (nSPS) is 19.9. The number of anilines is 1. The van der Waals surface area contributed by atoms with Crippen LogP contribution in [0.15, 0.2) is 24.5 Å². The highest BCUT2D eigenvalue weighted by Crippen LogP contribution is 2.33. The molecule has 1 amide bonds. The smallest absolute Gasteiger partial charge is 0.341 e. The van der Waals surface area contributed by atoms with E-state index in [4.69, 9.17) is 4.84 Å². The molecule has 2 fully saturated rings. The standard InChI is InChI=1S/C21H24FN5O3/c1-13-11-24-21(25-18(13)19(22)28)26-8-5-15(6-9-26)20(29)27-17(7-10-30-27)16-4-3-14(2)23-12-16/h3-4,11-12,15,17H,5-10H2,1-2H3/t17-/m0/s1. The second-order valence-corrected chi connectivity index (χ2v) is 7.77. The van der Waals surface area contributed by atoms with Crippen molar-refractivity contribution < 1.29 is 18.8 Å². The lowest BCUT2D eigenvalue weighted by molar-refractivity contribution is -0.182. The molecule has 2 aliphatic rings. The molecule has 0 spiro atoms. The molecule has 0 aromatic carbocycles. The van der Waals surface area contributed by atoms with E-state index in [0.29, 0.717) is 44.0 Å². The topological polar surface area (TPSA) is 88.5 Å². The minimum absolute atomic E-state index is 0.0258. The number of carbonyl (C=O) groups is 2. The van der Waals surface area contributed by atoms with E-state index < -0.39 is 6.04 Å². The molecule has 0 unspecified atom stereocenters. The summed E-state index contributed by atoms with van der Waals surface area (Å²) in [6.45, 7) is 5.11. The van der Waals surface area contributed by atoms with E-state index >= 15 is 0 Å². The van der Waals surface area contributed by atoms with E-state index in [-0.39, 0.29) is 23.6 Å². The van der Waals surface area contributed by atoms with Crippen molar-refractivity contribution in [2.75, 3.05) is 24.6 Å². The number of rotatable bonds is 4. The highest BCUT2D eigenvalue weighted by atomic mass is 19.1. The minimum atomic E-state index is -1.57. The average molecular weight is 413 g/mol. The summed E-state index contributed by atoms with van der Waals surface area (Å²) in [5.74, 6) is 0.115. The fraction of sp³-hybridized carbons (Fsp3) is 0.476. The molecule has 0 bridgehead atoms. The summed E-state index contributed by atoms with van der Waals surface area (Å²) in [6.07, 6.45) is 5.20. The van der Waals surface area contributed by atoms with Crippen LogP contribution in [0, 0.1) is 19.8 Å². The summed E-state index contributed by atoms with van der Waals surface area (Å²) in [7, 11) is 0. The van der Waals surface area contributed by atoms with E-state index in [2.05, 4.69) is 15.0 Å². The molecule has 2 aromatic rings. The van der Waals surface area contributed by atoms with Crippen molar-refractivity contribution in [3.63, 3.8) is 0 Å².